The van der Waals surface area contributed by atoms with Crippen molar-refractivity contribution >= 4 is 34.3 Å². The summed E-state index contributed by atoms with van der Waals surface area (Å²) < 4.78 is 6.64. The molecular formula is C14H13N3O2S. The number of carbonyl (C=O) groups is 1. The monoisotopic (exact) mass is 287 g/mol. The number of esters is 1. The van der Waals surface area contributed by atoms with Crippen LogP contribution in [0.5, 0.6) is 0 Å². The van der Waals surface area contributed by atoms with Gasteiger partial charge in [-0.05, 0) is 30.0 Å². The van der Waals surface area contributed by atoms with E-state index in [-0.39, 0.29) is 11.7 Å². The Balaban J connectivity index is 2.16. The minimum atomic E-state index is -0.274. The van der Waals surface area contributed by atoms with Crippen molar-refractivity contribution in [2.45, 2.75) is 12.1 Å². The summed E-state index contributed by atoms with van der Waals surface area (Å²) in [6.07, 6.45) is 0. The number of thioether (sulfide) groups is 1. The largest absolute Gasteiger partial charge is 0.468 e. The van der Waals surface area contributed by atoms with Gasteiger partial charge in [-0.1, -0.05) is 30.0 Å². The molecule has 0 saturated carbocycles. The van der Waals surface area contributed by atoms with Crippen LogP contribution in [0.4, 0.5) is 0 Å². The molecule has 102 valence electrons. The second-order valence-electron chi connectivity index (χ2n) is 4.39. The Labute approximate surface area is 119 Å². The SMILES string of the molecule is COC(=O)CSc1nnc2c(C)cc3ccccc3n12. The summed E-state index contributed by atoms with van der Waals surface area (Å²) in [5.41, 5.74) is 2.91. The van der Waals surface area contributed by atoms with Crippen LogP contribution >= 0.6 is 11.8 Å². The predicted molar refractivity (Wildman–Crippen MR) is 78.0 cm³/mol. The van der Waals surface area contributed by atoms with E-state index >= 15 is 0 Å². The van der Waals surface area contributed by atoms with E-state index < -0.39 is 0 Å². The van der Waals surface area contributed by atoms with E-state index in [2.05, 4.69) is 27.1 Å². The Kier molecular flexibility index (Phi) is 3.31. The fraction of sp³-hybridized carbons (Fsp3) is 0.214. The first-order chi connectivity index (χ1) is 9.70. The third-order valence-electron chi connectivity index (χ3n) is 3.08. The molecule has 1 aromatic carbocycles. The molecule has 2 heterocycles. The number of aromatic nitrogens is 3. The highest BCUT2D eigenvalue weighted by molar-refractivity contribution is 7.99. The topological polar surface area (TPSA) is 56.5 Å². The molecule has 0 bridgehead atoms. The van der Waals surface area contributed by atoms with Gasteiger partial charge in [-0.2, -0.15) is 0 Å². The van der Waals surface area contributed by atoms with Gasteiger partial charge >= 0.3 is 5.97 Å². The van der Waals surface area contributed by atoms with Crippen molar-refractivity contribution in [2.75, 3.05) is 12.9 Å². The van der Waals surface area contributed by atoms with Gasteiger partial charge in [0.15, 0.2) is 10.8 Å². The quantitative estimate of drug-likeness (QED) is 0.547. The van der Waals surface area contributed by atoms with Gasteiger partial charge in [-0.25, -0.2) is 0 Å². The zero-order valence-corrected chi connectivity index (χ0v) is 12.0. The maximum absolute atomic E-state index is 11.3. The van der Waals surface area contributed by atoms with Gasteiger partial charge < -0.3 is 4.74 Å². The number of hydrogen-bond donors (Lipinski definition) is 0. The average Bonchev–Trinajstić information content (AvgIpc) is 2.90. The first-order valence-corrected chi connectivity index (χ1v) is 7.12. The summed E-state index contributed by atoms with van der Waals surface area (Å²) in [6, 6.07) is 10.1. The van der Waals surface area contributed by atoms with Crippen molar-refractivity contribution < 1.29 is 9.53 Å². The van der Waals surface area contributed by atoms with Crippen LogP contribution in [-0.2, 0) is 9.53 Å². The van der Waals surface area contributed by atoms with Crippen LogP contribution in [-0.4, -0.2) is 33.4 Å². The number of benzene rings is 1. The number of aryl methyl sites for hydroxylation is 1. The predicted octanol–water partition coefficient (Wildman–Crippen LogP) is 2.46. The van der Waals surface area contributed by atoms with Crippen molar-refractivity contribution in [2.24, 2.45) is 0 Å². The highest BCUT2D eigenvalue weighted by Gasteiger charge is 2.13. The minimum absolute atomic E-state index is 0.222. The fourth-order valence-electron chi connectivity index (χ4n) is 2.13. The highest BCUT2D eigenvalue weighted by atomic mass is 32.2. The van der Waals surface area contributed by atoms with E-state index in [1.807, 2.05) is 29.5 Å². The number of pyridine rings is 1. The van der Waals surface area contributed by atoms with Gasteiger partial charge in [0.25, 0.3) is 0 Å². The Morgan fingerprint density at radius 3 is 2.95 bits per heavy atom. The fourth-order valence-corrected chi connectivity index (χ4v) is 2.91. The molecule has 0 atom stereocenters. The van der Waals surface area contributed by atoms with Crippen LogP contribution in [0.1, 0.15) is 5.56 Å². The van der Waals surface area contributed by atoms with E-state index in [9.17, 15) is 4.79 Å². The molecule has 6 heteroatoms. The number of hydrogen-bond acceptors (Lipinski definition) is 5. The van der Waals surface area contributed by atoms with Gasteiger partial charge in [0, 0.05) is 0 Å². The number of rotatable bonds is 3. The lowest BCUT2D eigenvalue weighted by molar-refractivity contribution is -0.137. The van der Waals surface area contributed by atoms with Crippen LogP contribution in [0.15, 0.2) is 35.5 Å². The molecule has 0 aliphatic carbocycles. The smallest absolute Gasteiger partial charge is 0.316 e. The number of ether oxygens (including phenoxy) is 1. The van der Waals surface area contributed by atoms with Crippen LogP contribution < -0.4 is 0 Å². The summed E-state index contributed by atoms with van der Waals surface area (Å²) >= 11 is 1.33. The standard InChI is InChI=1S/C14H13N3O2S/c1-9-7-10-5-3-4-6-11(10)17-13(9)15-16-14(17)20-8-12(18)19-2/h3-7H,8H2,1-2H3. The first-order valence-electron chi connectivity index (χ1n) is 6.14. The summed E-state index contributed by atoms with van der Waals surface area (Å²) in [4.78, 5) is 11.3. The third-order valence-corrected chi connectivity index (χ3v) is 3.98. The molecule has 0 radical (unpaired) electrons. The third kappa shape index (κ3) is 2.12. The molecule has 0 aliphatic heterocycles. The molecule has 0 amide bonds. The molecular weight excluding hydrogens is 274 g/mol. The van der Waals surface area contributed by atoms with E-state index in [0.29, 0.717) is 5.16 Å². The average molecular weight is 287 g/mol. The van der Waals surface area contributed by atoms with Crippen molar-refractivity contribution in [3.05, 3.63) is 35.9 Å². The molecule has 3 aromatic rings. The second kappa shape index (κ2) is 5.13. The highest BCUT2D eigenvalue weighted by Crippen LogP contribution is 2.25. The van der Waals surface area contributed by atoms with E-state index in [4.69, 9.17) is 0 Å². The minimum Gasteiger partial charge on any atom is -0.468 e. The number of nitrogens with zero attached hydrogens (tertiary/aromatic N) is 3. The Morgan fingerprint density at radius 1 is 1.35 bits per heavy atom. The van der Waals surface area contributed by atoms with Crippen LogP contribution in [0.3, 0.4) is 0 Å². The van der Waals surface area contributed by atoms with Crippen molar-refractivity contribution in [1.29, 1.82) is 0 Å². The van der Waals surface area contributed by atoms with Crippen LogP contribution in [0.25, 0.3) is 16.6 Å². The van der Waals surface area contributed by atoms with E-state index in [1.165, 1.54) is 18.9 Å². The summed E-state index contributed by atoms with van der Waals surface area (Å²) in [5, 5.41) is 10.2. The molecule has 0 aliphatic rings. The summed E-state index contributed by atoms with van der Waals surface area (Å²) in [7, 11) is 1.38. The number of methoxy groups -OCH3 is 1. The van der Waals surface area contributed by atoms with Gasteiger partial charge in [0.1, 0.15) is 0 Å². The zero-order chi connectivity index (χ0) is 14.1. The van der Waals surface area contributed by atoms with Gasteiger partial charge in [0.05, 0.1) is 18.4 Å². The van der Waals surface area contributed by atoms with Crippen LogP contribution in [0, 0.1) is 6.92 Å². The molecule has 5 nitrogen and oxygen atoms in total. The Morgan fingerprint density at radius 2 is 2.15 bits per heavy atom. The summed E-state index contributed by atoms with van der Waals surface area (Å²) in [6.45, 7) is 2.01. The van der Waals surface area contributed by atoms with Crippen molar-refractivity contribution in [3.63, 3.8) is 0 Å². The maximum Gasteiger partial charge on any atom is 0.316 e. The molecule has 20 heavy (non-hydrogen) atoms. The normalized spacial score (nSPS) is 11.1. The van der Waals surface area contributed by atoms with Crippen LogP contribution in [0.2, 0.25) is 0 Å². The number of para-hydroxylation sites is 1. The lowest BCUT2D eigenvalue weighted by Gasteiger charge is -2.06. The molecule has 0 spiro atoms. The van der Waals surface area contributed by atoms with Gasteiger partial charge in [0.2, 0.25) is 0 Å². The molecule has 0 unspecified atom stereocenters. The molecule has 0 saturated heterocycles. The second-order valence-corrected chi connectivity index (χ2v) is 5.34. The van der Waals surface area contributed by atoms with E-state index in [1.54, 1.807) is 0 Å². The Bertz CT molecular complexity index is 798. The molecule has 0 fully saturated rings. The summed E-state index contributed by atoms with van der Waals surface area (Å²) in [5.74, 6) is -0.0526. The first kappa shape index (κ1) is 12.9. The maximum atomic E-state index is 11.3. The van der Waals surface area contributed by atoms with Crippen molar-refractivity contribution in [1.82, 2.24) is 14.6 Å². The lowest BCUT2D eigenvalue weighted by Crippen LogP contribution is -2.04. The lowest BCUT2D eigenvalue weighted by atomic mass is 10.1. The Hall–Kier alpha value is -2.08. The van der Waals surface area contributed by atoms with Gasteiger partial charge in [-0.15, -0.1) is 10.2 Å². The van der Waals surface area contributed by atoms with Crippen molar-refractivity contribution in [3.8, 4) is 0 Å². The number of fused-ring (bicyclic) bond motifs is 3. The zero-order valence-electron chi connectivity index (χ0n) is 11.2. The molecule has 0 N–H and O–H groups in total. The van der Waals surface area contributed by atoms with E-state index in [0.717, 1.165) is 22.1 Å². The molecule has 3 rings (SSSR count). The molecule has 2 aromatic heterocycles. The number of carbonyl (C=O) groups excluding carboxylic acids is 1. The van der Waals surface area contributed by atoms with Gasteiger partial charge in [-0.3, -0.25) is 9.20 Å².